The number of nitrogens with zero attached hydrogens (tertiary/aromatic N) is 2. The summed E-state index contributed by atoms with van der Waals surface area (Å²) in [7, 11) is 2.11. The molecule has 0 bridgehead atoms. The molecular formula is C15H22N4. The van der Waals surface area contributed by atoms with Crippen LogP contribution in [0.2, 0.25) is 0 Å². The highest BCUT2D eigenvalue weighted by Crippen LogP contribution is 2.12. The summed E-state index contributed by atoms with van der Waals surface area (Å²) in [6, 6.07) is 8.52. The summed E-state index contributed by atoms with van der Waals surface area (Å²) in [5.41, 5.74) is 10.8. The number of nitrogens with two attached hydrogens (primary N) is 1. The lowest BCUT2D eigenvalue weighted by Crippen LogP contribution is -2.21. The second-order valence-corrected chi connectivity index (χ2v) is 5.24. The van der Waals surface area contributed by atoms with E-state index >= 15 is 0 Å². The monoisotopic (exact) mass is 258 g/mol. The molecule has 102 valence electrons. The van der Waals surface area contributed by atoms with E-state index in [1.54, 1.807) is 0 Å². The third-order valence-electron chi connectivity index (χ3n) is 3.36. The number of aromatic amines is 1. The van der Waals surface area contributed by atoms with Crippen LogP contribution < -0.4 is 5.73 Å². The van der Waals surface area contributed by atoms with Gasteiger partial charge in [-0.15, -0.1) is 0 Å². The Balaban J connectivity index is 1.89. The van der Waals surface area contributed by atoms with Gasteiger partial charge in [-0.25, -0.2) is 0 Å². The fourth-order valence-corrected chi connectivity index (χ4v) is 2.21. The third kappa shape index (κ3) is 3.83. The van der Waals surface area contributed by atoms with Gasteiger partial charge in [0.25, 0.3) is 0 Å². The quantitative estimate of drug-likeness (QED) is 0.865. The first-order valence-electron chi connectivity index (χ1n) is 6.59. The molecule has 0 amide bonds. The van der Waals surface area contributed by atoms with Gasteiger partial charge >= 0.3 is 0 Å². The second-order valence-electron chi connectivity index (χ2n) is 5.24. The Morgan fingerprint density at radius 2 is 2.05 bits per heavy atom. The van der Waals surface area contributed by atoms with Crippen molar-refractivity contribution in [1.29, 1.82) is 0 Å². The molecule has 0 saturated heterocycles. The van der Waals surface area contributed by atoms with E-state index in [0.717, 1.165) is 25.2 Å². The number of hydrogen-bond acceptors (Lipinski definition) is 3. The van der Waals surface area contributed by atoms with Gasteiger partial charge in [-0.2, -0.15) is 5.10 Å². The van der Waals surface area contributed by atoms with Crippen molar-refractivity contribution in [2.75, 3.05) is 19.3 Å². The molecule has 0 spiro atoms. The molecular weight excluding hydrogens is 236 g/mol. The van der Waals surface area contributed by atoms with Gasteiger partial charge in [0, 0.05) is 19.2 Å². The Labute approximate surface area is 114 Å². The molecule has 0 saturated carbocycles. The second kappa shape index (κ2) is 5.89. The molecule has 0 aliphatic carbocycles. The standard InChI is InChI=1S/C15H22N4/c1-11-4-5-12(2)13(8-11)6-7-19(3)10-14-9-15(16)18-17-14/h4-5,8-9H,6-7,10H2,1-3H3,(H3,16,17,18). The van der Waals surface area contributed by atoms with Crippen LogP contribution in [-0.2, 0) is 13.0 Å². The Hall–Kier alpha value is -1.81. The minimum Gasteiger partial charge on any atom is -0.382 e. The van der Waals surface area contributed by atoms with Crippen LogP contribution in [0.1, 0.15) is 22.4 Å². The van der Waals surface area contributed by atoms with Crippen molar-refractivity contribution in [3.63, 3.8) is 0 Å². The minimum atomic E-state index is 0.554. The highest BCUT2D eigenvalue weighted by Gasteiger charge is 2.05. The Morgan fingerprint density at radius 1 is 1.26 bits per heavy atom. The SMILES string of the molecule is Cc1ccc(C)c(CCN(C)Cc2cc(N)n[nH]2)c1. The Morgan fingerprint density at radius 3 is 2.74 bits per heavy atom. The molecule has 0 radical (unpaired) electrons. The van der Waals surface area contributed by atoms with E-state index in [-0.39, 0.29) is 0 Å². The highest BCUT2D eigenvalue weighted by atomic mass is 15.2. The molecule has 0 atom stereocenters. The minimum absolute atomic E-state index is 0.554. The van der Waals surface area contributed by atoms with Crippen LogP contribution in [0, 0.1) is 13.8 Å². The predicted molar refractivity (Wildman–Crippen MR) is 79.0 cm³/mol. The summed E-state index contributed by atoms with van der Waals surface area (Å²) >= 11 is 0. The van der Waals surface area contributed by atoms with Crippen molar-refractivity contribution in [1.82, 2.24) is 15.1 Å². The van der Waals surface area contributed by atoms with Crippen molar-refractivity contribution < 1.29 is 0 Å². The number of aryl methyl sites for hydroxylation is 2. The lowest BCUT2D eigenvalue weighted by Gasteiger charge is -2.16. The Kier molecular flexibility index (Phi) is 4.22. The highest BCUT2D eigenvalue weighted by molar-refractivity contribution is 5.31. The maximum Gasteiger partial charge on any atom is 0.145 e. The first-order chi connectivity index (χ1) is 9.04. The van der Waals surface area contributed by atoms with Crippen LogP contribution in [0.15, 0.2) is 24.3 Å². The molecule has 4 nitrogen and oxygen atoms in total. The maximum atomic E-state index is 5.59. The molecule has 19 heavy (non-hydrogen) atoms. The van der Waals surface area contributed by atoms with Gasteiger partial charge in [-0.1, -0.05) is 23.8 Å². The van der Waals surface area contributed by atoms with Crippen molar-refractivity contribution in [3.8, 4) is 0 Å². The normalized spacial score (nSPS) is 11.2. The number of H-pyrrole nitrogens is 1. The van der Waals surface area contributed by atoms with Crippen molar-refractivity contribution >= 4 is 5.82 Å². The first kappa shape index (κ1) is 13.6. The fourth-order valence-electron chi connectivity index (χ4n) is 2.21. The zero-order chi connectivity index (χ0) is 13.8. The van der Waals surface area contributed by atoms with Crippen molar-refractivity contribution in [2.24, 2.45) is 0 Å². The van der Waals surface area contributed by atoms with E-state index in [2.05, 4.69) is 54.2 Å². The lowest BCUT2D eigenvalue weighted by molar-refractivity contribution is 0.327. The molecule has 0 unspecified atom stereocenters. The Bertz CT molecular complexity index is 545. The van der Waals surface area contributed by atoms with E-state index in [1.807, 2.05) is 6.07 Å². The van der Waals surface area contributed by atoms with Crippen molar-refractivity contribution in [3.05, 3.63) is 46.6 Å². The van der Waals surface area contributed by atoms with Gasteiger partial charge < -0.3 is 10.6 Å². The zero-order valence-electron chi connectivity index (χ0n) is 11.9. The molecule has 2 rings (SSSR count). The summed E-state index contributed by atoms with van der Waals surface area (Å²) in [6.07, 6.45) is 1.06. The number of likely N-dealkylation sites (N-methyl/N-ethyl adjacent to an activating group) is 1. The number of aromatic nitrogens is 2. The molecule has 1 aromatic heterocycles. The van der Waals surface area contributed by atoms with E-state index < -0.39 is 0 Å². The lowest BCUT2D eigenvalue weighted by atomic mass is 10.0. The number of anilines is 1. The fraction of sp³-hybridized carbons (Fsp3) is 0.400. The largest absolute Gasteiger partial charge is 0.382 e. The van der Waals surface area contributed by atoms with Crippen LogP contribution in [0.5, 0.6) is 0 Å². The van der Waals surface area contributed by atoms with Crippen LogP contribution in [0.25, 0.3) is 0 Å². The summed E-state index contributed by atoms with van der Waals surface area (Å²) in [5, 5.41) is 6.88. The molecule has 1 aromatic carbocycles. The van der Waals surface area contributed by atoms with Crippen LogP contribution >= 0.6 is 0 Å². The molecule has 4 heteroatoms. The summed E-state index contributed by atoms with van der Waals surface area (Å²) in [5.74, 6) is 0.554. The van der Waals surface area contributed by atoms with Crippen LogP contribution in [-0.4, -0.2) is 28.7 Å². The average Bonchev–Trinajstić information content (AvgIpc) is 2.76. The topological polar surface area (TPSA) is 57.9 Å². The van der Waals surface area contributed by atoms with E-state index in [4.69, 9.17) is 5.73 Å². The molecule has 0 aliphatic heterocycles. The number of nitrogen functional groups attached to an aromatic ring is 1. The maximum absolute atomic E-state index is 5.59. The van der Waals surface area contributed by atoms with E-state index in [0.29, 0.717) is 5.82 Å². The summed E-state index contributed by atoms with van der Waals surface area (Å²) < 4.78 is 0. The predicted octanol–water partition coefficient (Wildman–Crippen LogP) is 2.28. The van der Waals surface area contributed by atoms with Gasteiger partial charge in [0.05, 0.1) is 5.69 Å². The number of hydrogen-bond donors (Lipinski definition) is 2. The third-order valence-corrected chi connectivity index (χ3v) is 3.36. The van der Waals surface area contributed by atoms with Gasteiger partial charge in [-0.05, 0) is 38.4 Å². The molecule has 1 heterocycles. The molecule has 0 aliphatic rings. The van der Waals surface area contributed by atoms with Crippen LogP contribution in [0.4, 0.5) is 5.82 Å². The van der Waals surface area contributed by atoms with Gasteiger partial charge in [0.15, 0.2) is 0 Å². The summed E-state index contributed by atoms with van der Waals surface area (Å²) in [6.45, 7) is 6.17. The number of benzene rings is 1. The molecule has 2 aromatic rings. The zero-order valence-corrected chi connectivity index (χ0v) is 11.9. The smallest absolute Gasteiger partial charge is 0.145 e. The molecule has 0 fully saturated rings. The molecule has 3 N–H and O–H groups in total. The number of nitrogens with one attached hydrogen (secondary N) is 1. The van der Waals surface area contributed by atoms with E-state index in [9.17, 15) is 0 Å². The van der Waals surface area contributed by atoms with E-state index in [1.165, 1.54) is 16.7 Å². The summed E-state index contributed by atoms with van der Waals surface area (Å²) in [4.78, 5) is 2.27. The first-order valence-corrected chi connectivity index (χ1v) is 6.59. The van der Waals surface area contributed by atoms with Crippen molar-refractivity contribution in [2.45, 2.75) is 26.8 Å². The van der Waals surface area contributed by atoms with Crippen LogP contribution in [0.3, 0.4) is 0 Å². The average molecular weight is 258 g/mol. The van der Waals surface area contributed by atoms with Gasteiger partial charge in [0.2, 0.25) is 0 Å². The number of rotatable bonds is 5. The van der Waals surface area contributed by atoms with Gasteiger partial charge in [0.1, 0.15) is 5.82 Å². The van der Waals surface area contributed by atoms with Gasteiger partial charge in [-0.3, -0.25) is 5.10 Å².